The maximum Gasteiger partial charge on any atom is 0.253 e. The van der Waals surface area contributed by atoms with Crippen LogP contribution in [0.1, 0.15) is 0 Å². The molecule has 0 amide bonds. The number of fused-ring (bicyclic) bond motifs is 1. The van der Waals surface area contributed by atoms with Crippen molar-refractivity contribution in [1.29, 1.82) is 0 Å². The van der Waals surface area contributed by atoms with Crippen molar-refractivity contribution in [3.8, 4) is 0 Å². The number of thioether (sulfide) groups is 1. The van der Waals surface area contributed by atoms with E-state index in [2.05, 4.69) is 5.53 Å². The van der Waals surface area contributed by atoms with E-state index in [-0.39, 0.29) is 0 Å². The van der Waals surface area contributed by atoms with Gasteiger partial charge in [-0.25, -0.2) is 0 Å². The first-order valence-corrected chi connectivity index (χ1v) is 5.48. The molecular weight excluding hydrogens is 222 g/mol. The molecule has 1 aromatic rings. The number of rotatable bonds is 1. The summed E-state index contributed by atoms with van der Waals surface area (Å²) >= 11 is 7.22. The number of nitrogens with one attached hydrogen (secondary N) is 1. The van der Waals surface area contributed by atoms with Crippen molar-refractivity contribution in [2.45, 2.75) is 4.90 Å². The van der Waals surface area contributed by atoms with E-state index >= 15 is 0 Å². The lowest BCUT2D eigenvalue weighted by molar-refractivity contribution is 0.357. The summed E-state index contributed by atoms with van der Waals surface area (Å²) in [6.07, 6.45) is 3.61. The number of hydrogen-bond acceptors (Lipinski definition) is 4. The van der Waals surface area contributed by atoms with Gasteiger partial charge >= 0.3 is 0 Å². The van der Waals surface area contributed by atoms with Gasteiger partial charge in [-0.1, -0.05) is 10.4 Å². The maximum absolute atomic E-state index is 11.4. The third-order valence-electron chi connectivity index (χ3n) is 1.90. The van der Waals surface area contributed by atoms with Crippen LogP contribution in [0, 0.1) is 5.21 Å². The lowest BCUT2D eigenvalue weighted by Gasteiger charge is -2.14. The van der Waals surface area contributed by atoms with Crippen LogP contribution in [0.25, 0.3) is 6.20 Å². The zero-order valence-corrected chi connectivity index (χ0v) is 8.97. The summed E-state index contributed by atoms with van der Waals surface area (Å²) in [5, 5.41) is 12.8. The molecule has 0 saturated carbocycles. The van der Waals surface area contributed by atoms with Crippen LogP contribution in [0.2, 0.25) is 0 Å². The van der Waals surface area contributed by atoms with Crippen molar-refractivity contribution in [3.05, 3.63) is 34.0 Å². The van der Waals surface area contributed by atoms with Crippen LogP contribution in [0.5, 0.6) is 0 Å². The SMILES string of the molecule is CSc1ccc2c(c1)=[N+]([O-])NN(Cl)C=2. The number of nitrogens with zero attached hydrogens (tertiary/aromatic N) is 2. The molecule has 1 aliphatic rings. The highest BCUT2D eigenvalue weighted by atomic mass is 35.5. The molecule has 0 spiro atoms. The minimum absolute atomic E-state index is 0.578. The van der Waals surface area contributed by atoms with Crippen LogP contribution in [-0.4, -0.2) is 10.8 Å². The maximum atomic E-state index is 11.4. The number of halogens is 1. The van der Waals surface area contributed by atoms with E-state index in [0.717, 1.165) is 14.6 Å². The number of hydrogen-bond donors (Lipinski definition) is 1. The monoisotopic (exact) mass is 229 g/mol. The quantitative estimate of drug-likeness (QED) is 0.319. The van der Waals surface area contributed by atoms with E-state index in [9.17, 15) is 5.21 Å². The fraction of sp³-hybridized carbons (Fsp3) is 0.125. The molecule has 6 heteroatoms. The molecule has 1 aliphatic heterocycles. The summed E-state index contributed by atoms with van der Waals surface area (Å²) < 4.78 is 1.11. The summed E-state index contributed by atoms with van der Waals surface area (Å²) in [6.45, 7) is 0. The highest BCUT2D eigenvalue weighted by molar-refractivity contribution is 7.98. The Hall–Kier alpha value is -1.07. The van der Waals surface area contributed by atoms with Gasteiger partial charge in [-0.2, -0.15) is 4.53 Å². The Kier molecular flexibility index (Phi) is 2.43. The highest BCUT2D eigenvalue weighted by Gasteiger charge is 2.09. The topological polar surface area (TPSA) is 41.3 Å². The second-order valence-corrected chi connectivity index (χ2v) is 4.00. The molecule has 0 unspecified atom stereocenters. The molecule has 0 atom stereocenters. The molecule has 0 radical (unpaired) electrons. The summed E-state index contributed by atoms with van der Waals surface area (Å²) in [6, 6.07) is 5.63. The second-order valence-electron chi connectivity index (χ2n) is 2.76. The van der Waals surface area contributed by atoms with Crippen molar-refractivity contribution in [1.82, 2.24) is 14.9 Å². The zero-order valence-electron chi connectivity index (χ0n) is 7.40. The summed E-state index contributed by atoms with van der Waals surface area (Å²) in [7, 11) is 0. The summed E-state index contributed by atoms with van der Waals surface area (Å²) in [5.74, 6) is 0. The Balaban J connectivity index is 2.71. The van der Waals surface area contributed by atoms with Crippen molar-refractivity contribution < 1.29 is 0 Å². The van der Waals surface area contributed by atoms with Crippen LogP contribution in [0.3, 0.4) is 0 Å². The Bertz CT molecular complexity index is 476. The fourth-order valence-electron chi connectivity index (χ4n) is 1.23. The predicted octanol–water partition coefficient (Wildman–Crippen LogP) is 0.0244. The average molecular weight is 230 g/mol. The van der Waals surface area contributed by atoms with Crippen molar-refractivity contribution in [2.75, 3.05) is 6.26 Å². The van der Waals surface area contributed by atoms with Crippen LogP contribution >= 0.6 is 23.5 Å². The fourth-order valence-corrected chi connectivity index (χ4v) is 1.83. The number of hydrazine groups is 2. The van der Waals surface area contributed by atoms with E-state index in [1.165, 1.54) is 0 Å². The first-order valence-electron chi connectivity index (χ1n) is 3.92. The normalized spacial score (nSPS) is 14.4. The third-order valence-corrected chi connectivity index (χ3v) is 2.79. The lowest BCUT2D eigenvalue weighted by atomic mass is 10.3. The summed E-state index contributed by atoms with van der Waals surface area (Å²) in [5.41, 5.74) is 2.40. The third kappa shape index (κ3) is 1.60. The molecule has 14 heavy (non-hydrogen) atoms. The molecule has 1 N–H and O–H groups in total. The van der Waals surface area contributed by atoms with Gasteiger partial charge in [-0.3, -0.25) is 0 Å². The van der Waals surface area contributed by atoms with E-state index < -0.39 is 0 Å². The Morgan fingerprint density at radius 1 is 1.57 bits per heavy atom. The van der Waals surface area contributed by atoms with Crippen molar-refractivity contribution in [2.24, 2.45) is 0 Å². The van der Waals surface area contributed by atoms with Crippen LogP contribution in [0.15, 0.2) is 23.1 Å². The molecule has 0 saturated heterocycles. The van der Waals surface area contributed by atoms with Crippen molar-refractivity contribution in [3.63, 3.8) is 0 Å². The van der Waals surface area contributed by atoms with Crippen molar-refractivity contribution >= 4 is 29.7 Å². The molecule has 0 aromatic heterocycles. The van der Waals surface area contributed by atoms with E-state index in [4.69, 9.17) is 11.8 Å². The molecule has 0 bridgehead atoms. The van der Waals surface area contributed by atoms with E-state index in [1.54, 1.807) is 18.0 Å². The molecule has 0 aliphatic carbocycles. The zero-order chi connectivity index (χ0) is 10.1. The van der Waals surface area contributed by atoms with Gasteiger partial charge in [-0.15, -0.1) is 11.8 Å². The lowest BCUT2D eigenvalue weighted by Crippen LogP contribution is -2.52. The smallest absolute Gasteiger partial charge is 0.253 e. The van der Waals surface area contributed by atoms with Crippen LogP contribution in [0.4, 0.5) is 0 Å². The van der Waals surface area contributed by atoms with Crippen LogP contribution < -0.4 is 21.0 Å². The molecule has 2 rings (SSSR count). The first-order chi connectivity index (χ1) is 6.70. The van der Waals surface area contributed by atoms with Gasteiger partial charge < -0.3 is 5.21 Å². The predicted molar refractivity (Wildman–Crippen MR) is 57.4 cm³/mol. The average Bonchev–Trinajstić information content (AvgIpc) is 2.17. The number of benzene rings is 1. The first kappa shape index (κ1) is 9.48. The molecule has 0 fully saturated rings. The Morgan fingerprint density at radius 2 is 2.36 bits per heavy atom. The summed E-state index contributed by atoms with van der Waals surface area (Å²) in [4.78, 5) is 1.69. The minimum Gasteiger partial charge on any atom is -0.594 e. The molecule has 4 nitrogen and oxygen atoms in total. The van der Waals surface area contributed by atoms with Gasteiger partial charge in [0.05, 0.1) is 11.4 Å². The molecule has 1 aromatic carbocycles. The van der Waals surface area contributed by atoms with E-state index in [0.29, 0.717) is 10.2 Å². The van der Waals surface area contributed by atoms with Gasteiger partial charge in [0.25, 0.3) is 5.36 Å². The van der Waals surface area contributed by atoms with Gasteiger partial charge in [-0.05, 0) is 18.4 Å². The molecule has 74 valence electrons. The highest BCUT2D eigenvalue weighted by Crippen LogP contribution is 2.09. The molecule has 1 heterocycles. The Labute approximate surface area is 90.1 Å². The standard InChI is InChI=1S/C8H8ClN3OS/c1-14-7-3-2-6-5-11(9)10-12(13)8(6)4-7/h2-5,10H,1H3. The molecular formula is C8H8ClN3OS. The van der Waals surface area contributed by atoms with Gasteiger partial charge in [0.15, 0.2) is 0 Å². The second kappa shape index (κ2) is 3.59. The van der Waals surface area contributed by atoms with Gasteiger partial charge in [0.2, 0.25) is 0 Å². The largest absolute Gasteiger partial charge is 0.594 e. The van der Waals surface area contributed by atoms with E-state index in [1.807, 2.05) is 24.5 Å². The minimum atomic E-state index is 0.578. The van der Waals surface area contributed by atoms with Gasteiger partial charge in [0.1, 0.15) is 0 Å². The Morgan fingerprint density at radius 3 is 3.07 bits per heavy atom. The van der Waals surface area contributed by atoms with Gasteiger partial charge in [0, 0.05) is 22.7 Å². The van der Waals surface area contributed by atoms with Crippen LogP contribution in [-0.2, 0) is 0 Å².